The predicted octanol–water partition coefficient (Wildman–Crippen LogP) is -0.189. The molecule has 1 aromatic heterocycles. The lowest BCUT2D eigenvalue weighted by molar-refractivity contribution is -0.121. The molecule has 0 radical (unpaired) electrons. The second-order valence-corrected chi connectivity index (χ2v) is 5.84. The van der Waals surface area contributed by atoms with Gasteiger partial charge in [0.2, 0.25) is 5.91 Å². The van der Waals surface area contributed by atoms with Crippen molar-refractivity contribution in [3.63, 3.8) is 0 Å². The smallest absolute Gasteiger partial charge is 0.289 e. The number of β-amino-alcohol motifs (C(OH)–C–C–N with tert-alkyl or cyclic N) is 1. The first-order valence-corrected chi connectivity index (χ1v) is 7.43. The Morgan fingerprint density at radius 1 is 1.52 bits per heavy atom. The minimum atomic E-state index is -0.440. The third-order valence-electron chi connectivity index (χ3n) is 3.38. The van der Waals surface area contributed by atoms with Crippen LogP contribution < -0.4 is 10.6 Å². The maximum Gasteiger partial charge on any atom is 0.289 e. The molecule has 1 saturated heterocycles. The minimum absolute atomic E-state index is 0.0102. The summed E-state index contributed by atoms with van der Waals surface area (Å²) in [6.45, 7) is 1.55. The Labute approximate surface area is 130 Å². The van der Waals surface area contributed by atoms with Crippen molar-refractivity contribution in [2.24, 2.45) is 5.92 Å². The maximum absolute atomic E-state index is 12.0. The van der Waals surface area contributed by atoms with Crippen molar-refractivity contribution >= 4 is 27.7 Å². The van der Waals surface area contributed by atoms with Crippen LogP contribution in [-0.2, 0) is 4.79 Å². The van der Waals surface area contributed by atoms with Crippen LogP contribution in [0, 0.1) is 5.92 Å². The van der Waals surface area contributed by atoms with Gasteiger partial charge in [0.1, 0.15) is 0 Å². The van der Waals surface area contributed by atoms with E-state index in [9.17, 15) is 14.7 Å². The third kappa shape index (κ3) is 4.29. The zero-order valence-electron chi connectivity index (χ0n) is 11.6. The average molecular weight is 360 g/mol. The van der Waals surface area contributed by atoms with Crippen LogP contribution in [0.5, 0.6) is 0 Å². The van der Waals surface area contributed by atoms with Gasteiger partial charge in [0, 0.05) is 32.6 Å². The highest BCUT2D eigenvalue weighted by molar-refractivity contribution is 9.10. The highest BCUT2D eigenvalue weighted by atomic mass is 79.9. The largest absolute Gasteiger partial charge is 0.444 e. The van der Waals surface area contributed by atoms with E-state index in [-0.39, 0.29) is 30.0 Å². The summed E-state index contributed by atoms with van der Waals surface area (Å²) >= 11 is 3.12. The molecular formula is C13H18BrN3O4. The zero-order chi connectivity index (χ0) is 15.4. The van der Waals surface area contributed by atoms with Crippen LogP contribution in [0.1, 0.15) is 10.6 Å². The van der Waals surface area contributed by atoms with Gasteiger partial charge in [0.25, 0.3) is 5.91 Å². The van der Waals surface area contributed by atoms with E-state index in [1.807, 2.05) is 0 Å². The van der Waals surface area contributed by atoms with Gasteiger partial charge in [-0.2, -0.15) is 0 Å². The number of hydrogen-bond donors (Lipinski definition) is 3. The fraction of sp³-hybridized carbons (Fsp3) is 0.538. The number of likely N-dealkylation sites (N-methyl/N-ethyl adjacent to an activating group) is 1. The summed E-state index contributed by atoms with van der Waals surface area (Å²) < 4.78 is 5.62. The molecule has 1 fully saturated rings. The first-order valence-electron chi connectivity index (χ1n) is 6.63. The van der Waals surface area contributed by atoms with Crippen molar-refractivity contribution in [1.29, 1.82) is 0 Å². The van der Waals surface area contributed by atoms with Crippen LogP contribution in [0.25, 0.3) is 0 Å². The van der Waals surface area contributed by atoms with E-state index in [4.69, 9.17) is 4.42 Å². The molecule has 7 nitrogen and oxygen atoms in total. The maximum atomic E-state index is 12.0. The monoisotopic (exact) mass is 359 g/mol. The fourth-order valence-corrected chi connectivity index (χ4v) is 2.44. The van der Waals surface area contributed by atoms with E-state index in [2.05, 4.69) is 26.6 Å². The van der Waals surface area contributed by atoms with Crippen molar-refractivity contribution in [1.82, 2.24) is 15.5 Å². The second-order valence-electron chi connectivity index (χ2n) is 5.05. The third-order valence-corrected chi connectivity index (χ3v) is 3.80. The molecule has 21 heavy (non-hydrogen) atoms. The summed E-state index contributed by atoms with van der Waals surface area (Å²) in [7, 11) is 1.53. The lowest BCUT2D eigenvalue weighted by Crippen LogP contribution is -2.41. The number of rotatable bonds is 5. The molecule has 2 heterocycles. The number of aliphatic hydroxyl groups is 1. The molecule has 0 aliphatic carbocycles. The van der Waals surface area contributed by atoms with Gasteiger partial charge in [-0.1, -0.05) is 0 Å². The summed E-state index contributed by atoms with van der Waals surface area (Å²) in [5.41, 5.74) is 0. The minimum Gasteiger partial charge on any atom is -0.444 e. The summed E-state index contributed by atoms with van der Waals surface area (Å²) in [6.07, 6.45) is -0.440. The van der Waals surface area contributed by atoms with E-state index >= 15 is 0 Å². The molecule has 1 aliphatic rings. The van der Waals surface area contributed by atoms with Crippen LogP contribution in [-0.4, -0.2) is 61.2 Å². The molecule has 2 amide bonds. The Kier molecular flexibility index (Phi) is 5.38. The SMILES string of the molecule is CN(CC(=O)NCC1CNCC1O)C(=O)c1ccc(Br)o1. The van der Waals surface area contributed by atoms with Crippen molar-refractivity contribution < 1.29 is 19.1 Å². The molecule has 2 rings (SSSR count). The topological polar surface area (TPSA) is 94.8 Å². The lowest BCUT2D eigenvalue weighted by atomic mass is 10.1. The summed E-state index contributed by atoms with van der Waals surface area (Å²) in [5.74, 6) is -0.447. The number of halogens is 1. The van der Waals surface area contributed by atoms with E-state index in [1.165, 1.54) is 11.9 Å². The zero-order valence-corrected chi connectivity index (χ0v) is 13.2. The van der Waals surface area contributed by atoms with Crippen molar-refractivity contribution in [2.45, 2.75) is 6.10 Å². The number of hydrogen-bond acceptors (Lipinski definition) is 5. The predicted molar refractivity (Wildman–Crippen MR) is 78.7 cm³/mol. The van der Waals surface area contributed by atoms with Crippen LogP contribution in [0.2, 0.25) is 0 Å². The normalized spacial score (nSPS) is 21.3. The molecule has 0 aromatic carbocycles. The van der Waals surface area contributed by atoms with Crippen LogP contribution in [0.15, 0.2) is 21.2 Å². The van der Waals surface area contributed by atoms with Gasteiger partial charge in [-0.25, -0.2) is 0 Å². The number of nitrogens with zero attached hydrogens (tertiary/aromatic N) is 1. The van der Waals surface area contributed by atoms with Gasteiger partial charge in [-0.15, -0.1) is 0 Å². The van der Waals surface area contributed by atoms with E-state index in [0.717, 1.165) is 0 Å². The van der Waals surface area contributed by atoms with E-state index < -0.39 is 6.10 Å². The first kappa shape index (κ1) is 16.0. The van der Waals surface area contributed by atoms with Gasteiger partial charge in [0.05, 0.1) is 12.6 Å². The van der Waals surface area contributed by atoms with E-state index in [0.29, 0.717) is 24.3 Å². The van der Waals surface area contributed by atoms with Crippen molar-refractivity contribution in [3.05, 3.63) is 22.6 Å². The van der Waals surface area contributed by atoms with Gasteiger partial charge in [0.15, 0.2) is 10.4 Å². The van der Waals surface area contributed by atoms with Gasteiger partial charge < -0.3 is 25.1 Å². The van der Waals surface area contributed by atoms with Gasteiger partial charge in [-0.05, 0) is 28.1 Å². The quantitative estimate of drug-likeness (QED) is 0.677. The Morgan fingerprint density at radius 2 is 2.29 bits per heavy atom. The number of amides is 2. The Balaban J connectivity index is 1.77. The first-order chi connectivity index (χ1) is 9.97. The molecule has 0 saturated carbocycles. The van der Waals surface area contributed by atoms with Crippen molar-refractivity contribution in [3.8, 4) is 0 Å². The van der Waals surface area contributed by atoms with Crippen LogP contribution >= 0.6 is 15.9 Å². The Hall–Kier alpha value is -1.38. The number of nitrogens with one attached hydrogen (secondary N) is 2. The summed E-state index contributed by atoms with van der Waals surface area (Å²) in [4.78, 5) is 25.1. The Bertz CT molecular complexity index is 519. The number of furan rings is 1. The molecule has 2 unspecified atom stereocenters. The van der Waals surface area contributed by atoms with Gasteiger partial charge in [-0.3, -0.25) is 9.59 Å². The molecule has 3 N–H and O–H groups in total. The average Bonchev–Trinajstić information content (AvgIpc) is 3.04. The molecule has 0 spiro atoms. The fourth-order valence-electron chi connectivity index (χ4n) is 2.13. The molecule has 8 heteroatoms. The number of carbonyl (C=O) groups excluding carboxylic acids is 2. The molecule has 1 aromatic rings. The number of carbonyl (C=O) groups is 2. The second kappa shape index (κ2) is 7.06. The molecule has 116 valence electrons. The van der Waals surface area contributed by atoms with Crippen LogP contribution in [0.4, 0.5) is 0 Å². The molecular weight excluding hydrogens is 342 g/mol. The molecule has 2 atom stereocenters. The summed E-state index contributed by atoms with van der Waals surface area (Å²) in [6, 6.07) is 3.16. The van der Waals surface area contributed by atoms with Gasteiger partial charge >= 0.3 is 0 Å². The summed E-state index contributed by atoms with van der Waals surface area (Å²) in [5, 5.41) is 15.4. The van der Waals surface area contributed by atoms with Crippen LogP contribution in [0.3, 0.4) is 0 Å². The lowest BCUT2D eigenvalue weighted by Gasteiger charge is -2.17. The molecule has 1 aliphatic heterocycles. The Morgan fingerprint density at radius 3 is 2.86 bits per heavy atom. The highest BCUT2D eigenvalue weighted by Crippen LogP contribution is 2.15. The van der Waals surface area contributed by atoms with Crippen molar-refractivity contribution in [2.75, 3.05) is 33.2 Å². The highest BCUT2D eigenvalue weighted by Gasteiger charge is 2.25. The standard InChI is InChI=1S/C13H18BrN3O4/c1-17(13(20)10-2-3-11(14)21-10)7-12(19)16-5-8-4-15-6-9(8)18/h2-3,8-9,15,18H,4-7H2,1H3,(H,16,19). The van der Waals surface area contributed by atoms with E-state index in [1.54, 1.807) is 12.1 Å². The molecule has 0 bridgehead atoms. The number of aliphatic hydroxyl groups excluding tert-OH is 1.